The molecule has 0 unspecified atom stereocenters. The third-order valence-corrected chi connectivity index (χ3v) is 4.45. The highest BCUT2D eigenvalue weighted by Crippen LogP contribution is 2.21. The van der Waals surface area contributed by atoms with Gasteiger partial charge in [-0.25, -0.2) is 4.39 Å². The van der Waals surface area contributed by atoms with E-state index in [9.17, 15) is 14.0 Å². The molecule has 1 fully saturated rings. The van der Waals surface area contributed by atoms with Crippen molar-refractivity contribution in [3.63, 3.8) is 0 Å². The first-order chi connectivity index (χ1) is 13.0. The molecule has 0 bridgehead atoms. The van der Waals surface area contributed by atoms with E-state index in [0.717, 1.165) is 24.9 Å². The van der Waals surface area contributed by atoms with E-state index in [-0.39, 0.29) is 24.5 Å². The number of rotatable bonds is 7. The van der Waals surface area contributed by atoms with Crippen LogP contribution in [0.2, 0.25) is 0 Å². The number of hydrogen-bond acceptors (Lipinski definition) is 4. The van der Waals surface area contributed by atoms with Crippen LogP contribution in [-0.2, 0) is 16.1 Å². The lowest BCUT2D eigenvalue weighted by molar-refractivity contribution is -0.122. The molecular formula is C20H22FN3O3. The smallest absolute Gasteiger partial charge is 0.262 e. The summed E-state index contributed by atoms with van der Waals surface area (Å²) in [6.07, 6.45) is 1.73. The summed E-state index contributed by atoms with van der Waals surface area (Å²) in [5.74, 6) is -0.763. The maximum atomic E-state index is 13.1. The largest absolute Gasteiger partial charge is 0.484 e. The van der Waals surface area contributed by atoms with Crippen LogP contribution in [0.1, 0.15) is 18.4 Å². The number of carbonyl (C=O) groups excluding carboxylic acids is 2. The van der Waals surface area contributed by atoms with Gasteiger partial charge in [0.2, 0.25) is 5.91 Å². The second-order valence-corrected chi connectivity index (χ2v) is 6.53. The van der Waals surface area contributed by atoms with Crippen molar-refractivity contribution < 1.29 is 18.7 Å². The van der Waals surface area contributed by atoms with E-state index < -0.39 is 5.82 Å². The highest BCUT2D eigenvalue weighted by atomic mass is 19.1. The number of anilines is 1. The van der Waals surface area contributed by atoms with Crippen molar-refractivity contribution >= 4 is 17.5 Å². The van der Waals surface area contributed by atoms with E-state index in [0.29, 0.717) is 18.0 Å². The van der Waals surface area contributed by atoms with Gasteiger partial charge >= 0.3 is 0 Å². The molecule has 2 aromatic carbocycles. The van der Waals surface area contributed by atoms with Crippen LogP contribution in [0, 0.1) is 5.82 Å². The quantitative estimate of drug-likeness (QED) is 0.782. The van der Waals surface area contributed by atoms with Crippen molar-refractivity contribution in [2.75, 3.05) is 18.5 Å². The number of halogens is 1. The number of nitrogens with two attached hydrogens (primary N) is 1. The lowest BCUT2D eigenvalue weighted by atomic mass is 10.1. The van der Waals surface area contributed by atoms with Gasteiger partial charge in [-0.05, 0) is 49.2 Å². The number of ether oxygens (including phenoxy) is 1. The van der Waals surface area contributed by atoms with Crippen LogP contribution in [0.4, 0.5) is 10.1 Å². The van der Waals surface area contributed by atoms with Crippen LogP contribution in [0.3, 0.4) is 0 Å². The molecule has 0 spiro atoms. The second-order valence-electron chi connectivity index (χ2n) is 6.53. The molecule has 0 aliphatic carbocycles. The lowest BCUT2D eigenvalue weighted by Crippen LogP contribution is -2.39. The predicted octanol–water partition coefficient (Wildman–Crippen LogP) is 2.29. The van der Waals surface area contributed by atoms with E-state index >= 15 is 0 Å². The summed E-state index contributed by atoms with van der Waals surface area (Å²) in [5.41, 5.74) is 7.07. The molecule has 1 aliphatic heterocycles. The van der Waals surface area contributed by atoms with Gasteiger partial charge in [0.15, 0.2) is 6.61 Å². The SMILES string of the molecule is NC(=O)[C@H]1CCCN1Cc1cccc(NC(=O)COc2cccc(F)c2)c1. The molecule has 3 N–H and O–H groups in total. The molecule has 2 aromatic rings. The van der Waals surface area contributed by atoms with Gasteiger partial charge in [0, 0.05) is 18.3 Å². The van der Waals surface area contributed by atoms with E-state index in [1.807, 2.05) is 18.2 Å². The average Bonchev–Trinajstić information content (AvgIpc) is 3.09. The molecular weight excluding hydrogens is 349 g/mol. The number of carbonyl (C=O) groups is 2. The highest BCUT2D eigenvalue weighted by molar-refractivity contribution is 5.91. The standard InChI is InChI=1S/C20H22FN3O3/c21-15-5-2-7-17(11-15)27-13-19(25)23-16-6-1-4-14(10-16)12-24-9-3-8-18(24)20(22)26/h1-2,4-7,10-11,18H,3,8-9,12-13H2,(H2,22,26)(H,23,25)/t18-/m1/s1. The lowest BCUT2D eigenvalue weighted by Gasteiger charge is -2.22. The summed E-state index contributed by atoms with van der Waals surface area (Å²) < 4.78 is 18.4. The Balaban J connectivity index is 1.55. The fourth-order valence-corrected chi connectivity index (χ4v) is 3.22. The van der Waals surface area contributed by atoms with Crippen molar-refractivity contribution in [3.8, 4) is 5.75 Å². The molecule has 0 aromatic heterocycles. The third-order valence-electron chi connectivity index (χ3n) is 4.45. The zero-order valence-corrected chi connectivity index (χ0v) is 14.9. The zero-order valence-electron chi connectivity index (χ0n) is 14.9. The number of likely N-dealkylation sites (tertiary alicyclic amines) is 1. The number of primary amides is 1. The summed E-state index contributed by atoms with van der Waals surface area (Å²) in [5, 5.41) is 2.76. The van der Waals surface area contributed by atoms with Crippen LogP contribution >= 0.6 is 0 Å². The first-order valence-corrected chi connectivity index (χ1v) is 8.82. The van der Waals surface area contributed by atoms with Gasteiger partial charge in [-0.1, -0.05) is 18.2 Å². The van der Waals surface area contributed by atoms with E-state index in [2.05, 4.69) is 10.2 Å². The molecule has 7 heteroatoms. The van der Waals surface area contributed by atoms with Gasteiger partial charge in [-0.15, -0.1) is 0 Å². The number of benzene rings is 2. The van der Waals surface area contributed by atoms with Crippen molar-refractivity contribution in [1.82, 2.24) is 4.90 Å². The normalized spacial score (nSPS) is 16.9. The van der Waals surface area contributed by atoms with E-state index in [4.69, 9.17) is 10.5 Å². The summed E-state index contributed by atoms with van der Waals surface area (Å²) in [6, 6.07) is 12.8. The minimum Gasteiger partial charge on any atom is -0.484 e. The fraction of sp³-hybridized carbons (Fsp3) is 0.300. The average molecular weight is 371 g/mol. The van der Waals surface area contributed by atoms with Gasteiger partial charge in [0.05, 0.1) is 6.04 Å². The second kappa shape index (κ2) is 8.64. The molecule has 2 amide bonds. The molecule has 1 atom stereocenters. The molecule has 142 valence electrons. The van der Waals surface area contributed by atoms with Crippen LogP contribution in [-0.4, -0.2) is 35.9 Å². The van der Waals surface area contributed by atoms with Crippen LogP contribution in [0.5, 0.6) is 5.75 Å². The highest BCUT2D eigenvalue weighted by Gasteiger charge is 2.28. The van der Waals surface area contributed by atoms with Gasteiger partial charge in [0.25, 0.3) is 5.91 Å². The van der Waals surface area contributed by atoms with Gasteiger partial charge in [-0.2, -0.15) is 0 Å². The monoisotopic (exact) mass is 371 g/mol. The van der Waals surface area contributed by atoms with Gasteiger partial charge in [-0.3, -0.25) is 14.5 Å². The molecule has 0 radical (unpaired) electrons. The maximum absolute atomic E-state index is 13.1. The molecule has 1 saturated heterocycles. The van der Waals surface area contributed by atoms with E-state index in [1.54, 1.807) is 12.1 Å². The van der Waals surface area contributed by atoms with Crippen molar-refractivity contribution in [1.29, 1.82) is 0 Å². The van der Waals surface area contributed by atoms with Crippen LogP contribution in [0.15, 0.2) is 48.5 Å². The third kappa shape index (κ3) is 5.27. The summed E-state index contributed by atoms with van der Waals surface area (Å²) in [7, 11) is 0. The van der Waals surface area contributed by atoms with Crippen molar-refractivity contribution in [2.45, 2.75) is 25.4 Å². The first kappa shape index (κ1) is 18.8. The first-order valence-electron chi connectivity index (χ1n) is 8.82. The Bertz CT molecular complexity index is 828. The number of nitrogens with zero attached hydrogens (tertiary/aromatic N) is 1. The number of amides is 2. The molecule has 0 saturated carbocycles. The van der Waals surface area contributed by atoms with Crippen molar-refractivity contribution in [2.24, 2.45) is 5.73 Å². The van der Waals surface area contributed by atoms with Gasteiger partial charge < -0.3 is 15.8 Å². The Hall–Kier alpha value is -2.93. The van der Waals surface area contributed by atoms with Crippen molar-refractivity contribution in [3.05, 3.63) is 59.9 Å². The minimum absolute atomic E-state index is 0.219. The predicted molar refractivity (Wildman–Crippen MR) is 99.6 cm³/mol. The summed E-state index contributed by atoms with van der Waals surface area (Å²) >= 11 is 0. The van der Waals surface area contributed by atoms with Gasteiger partial charge in [0.1, 0.15) is 11.6 Å². The number of nitrogens with one attached hydrogen (secondary N) is 1. The summed E-state index contributed by atoms with van der Waals surface area (Å²) in [6.45, 7) is 1.20. The Morgan fingerprint density at radius 3 is 2.81 bits per heavy atom. The Morgan fingerprint density at radius 1 is 1.22 bits per heavy atom. The molecule has 1 aliphatic rings. The Morgan fingerprint density at radius 2 is 2.04 bits per heavy atom. The van der Waals surface area contributed by atoms with Crippen LogP contribution in [0.25, 0.3) is 0 Å². The molecule has 1 heterocycles. The zero-order chi connectivity index (χ0) is 19.2. The Kier molecular flexibility index (Phi) is 6.03. The summed E-state index contributed by atoms with van der Waals surface area (Å²) in [4.78, 5) is 25.6. The molecule has 27 heavy (non-hydrogen) atoms. The topological polar surface area (TPSA) is 84.7 Å². The molecule has 6 nitrogen and oxygen atoms in total. The number of hydrogen-bond donors (Lipinski definition) is 2. The minimum atomic E-state index is -0.420. The Labute approximate surface area is 157 Å². The maximum Gasteiger partial charge on any atom is 0.262 e. The fourth-order valence-electron chi connectivity index (χ4n) is 3.22. The molecule has 3 rings (SSSR count). The van der Waals surface area contributed by atoms with Crippen LogP contribution < -0.4 is 15.8 Å². The van der Waals surface area contributed by atoms with E-state index in [1.165, 1.54) is 18.2 Å².